The molecule has 1 saturated heterocycles. The predicted molar refractivity (Wildman–Crippen MR) is 81.4 cm³/mol. The Morgan fingerprint density at radius 3 is 3.05 bits per heavy atom. The fourth-order valence-corrected chi connectivity index (χ4v) is 2.76. The summed E-state index contributed by atoms with van der Waals surface area (Å²) in [6, 6.07) is 2.72. The number of nitrogens with zero attached hydrogens (tertiary/aromatic N) is 2. The van der Waals surface area contributed by atoms with Crippen LogP contribution in [0.25, 0.3) is 0 Å². The number of aryl methyl sites for hydroxylation is 1. The van der Waals surface area contributed by atoms with Crippen LogP contribution in [0, 0.1) is 6.92 Å². The van der Waals surface area contributed by atoms with Crippen molar-refractivity contribution in [3.05, 3.63) is 17.8 Å². The van der Waals surface area contributed by atoms with Gasteiger partial charge in [0.1, 0.15) is 5.82 Å². The van der Waals surface area contributed by atoms with E-state index in [-0.39, 0.29) is 0 Å². The largest absolute Gasteiger partial charge is 0.397 e. The Hall–Kier alpha value is -1.29. The van der Waals surface area contributed by atoms with Crippen molar-refractivity contribution < 1.29 is 0 Å². The van der Waals surface area contributed by atoms with Crippen LogP contribution in [-0.4, -0.2) is 35.6 Å². The van der Waals surface area contributed by atoms with E-state index in [4.69, 9.17) is 5.73 Å². The van der Waals surface area contributed by atoms with E-state index in [2.05, 4.69) is 22.1 Å². The topological polar surface area (TPSA) is 54.2 Å². The van der Waals surface area contributed by atoms with Crippen LogP contribution in [0.2, 0.25) is 0 Å². The van der Waals surface area contributed by atoms with E-state index in [1.54, 1.807) is 6.20 Å². The molecule has 1 atom stereocenters. The van der Waals surface area contributed by atoms with Crippen molar-refractivity contribution in [1.29, 1.82) is 0 Å². The lowest BCUT2D eigenvalue weighted by Gasteiger charge is -2.33. The van der Waals surface area contributed by atoms with Crippen LogP contribution in [0.5, 0.6) is 0 Å². The number of piperidine rings is 1. The van der Waals surface area contributed by atoms with E-state index in [1.807, 2.05) is 13.0 Å². The van der Waals surface area contributed by atoms with Crippen LogP contribution in [0.3, 0.4) is 0 Å². The first-order chi connectivity index (χ1) is 9.16. The lowest BCUT2D eigenvalue weighted by Crippen LogP contribution is -2.38. The summed E-state index contributed by atoms with van der Waals surface area (Å²) in [5, 5.41) is 3.40. The number of nitrogens with two attached hydrogens (primary N) is 1. The summed E-state index contributed by atoms with van der Waals surface area (Å²) >= 11 is 0. The van der Waals surface area contributed by atoms with Crippen LogP contribution in [0.1, 0.15) is 38.2 Å². The third kappa shape index (κ3) is 4.10. The highest BCUT2D eigenvalue weighted by Crippen LogP contribution is 2.17. The number of hydrogen-bond acceptors (Lipinski definition) is 4. The molecule has 0 bridgehead atoms. The zero-order valence-electron chi connectivity index (χ0n) is 12.2. The maximum atomic E-state index is 5.70. The molecular formula is C15H26N4. The quantitative estimate of drug-likeness (QED) is 0.801. The van der Waals surface area contributed by atoms with E-state index in [0.29, 0.717) is 0 Å². The summed E-state index contributed by atoms with van der Waals surface area (Å²) in [4.78, 5) is 6.93. The maximum Gasteiger partial charge on any atom is 0.128 e. The second-order valence-corrected chi connectivity index (χ2v) is 5.60. The van der Waals surface area contributed by atoms with E-state index in [0.717, 1.165) is 36.1 Å². The van der Waals surface area contributed by atoms with Gasteiger partial charge in [0.05, 0.1) is 11.9 Å². The number of nitrogen functional groups attached to an aromatic ring is 1. The van der Waals surface area contributed by atoms with E-state index < -0.39 is 0 Å². The van der Waals surface area contributed by atoms with Crippen LogP contribution in [0.4, 0.5) is 11.5 Å². The minimum absolute atomic E-state index is 0.727. The summed E-state index contributed by atoms with van der Waals surface area (Å²) in [7, 11) is 0. The van der Waals surface area contributed by atoms with Crippen LogP contribution in [-0.2, 0) is 0 Å². The molecule has 0 spiro atoms. The molecule has 0 amide bonds. The standard InChI is InChI=1S/C15H26N4/c1-12-10-14(16)11-18-15(12)17-7-5-9-19-8-4-3-6-13(19)2/h10-11,13H,3-9,16H2,1-2H3,(H,17,18). The number of likely N-dealkylation sites (tertiary alicyclic amines) is 1. The minimum Gasteiger partial charge on any atom is -0.397 e. The fraction of sp³-hybridized carbons (Fsp3) is 0.667. The van der Waals surface area contributed by atoms with Gasteiger partial charge >= 0.3 is 0 Å². The molecular weight excluding hydrogens is 236 g/mol. The first-order valence-electron chi connectivity index (χ1n) is 7.37. The highest BCUT2D eigenvalue weighted by atomic mass is 15.2. The molecule has 0 aliphatic carbocycles. The monoisotopic (exact) mass is 262 g/mol. The maximum absolute atomic E-state index is 5.70. The van der Waals surface area contributed by atoms with Crippen molar-refractivity contribution in [2.45, 2.75) is 45.6 Å². The molecule has 0 radical (unpaired) electrons. The Kier molecular flexibility index (Phi) is 5.02. The van der Waals surface area contributed by atoms with Crippen molar-refractivity contribution in [2.75, 3.05) is 30.7 Å². The zero-order valence-corrected chi connectivity index (χ0v) is 12.2. The van der Waals surface area contributed by atoms with Gasteiger partial charge in [0.15, 0.2) is 0 Å². The van der Waals surface area contributed by atoms with Gasteiger partial charge in [-0.2, -0.15) is 0 Å². The smallest absolute Gasteiger partial charge is 0.128 e. The van der Waals surface area contributed by atoms with Crippen LogP contribution < -0.4 is 11.1 Å². The Morgan fingerprint density at radius 2 is 2.32 bits per heavy atom. The average molecular weight is 262 g/mol. The highest BCUT2D eigenvalue weighted by Gasteiger charge is 2.16. The zero-order chi connectivity index (χ0) is 13.7. The summed E-state index contributed by atoms with van der Waals surface area (Å²) in [6.45, 7) is 7.81. The summed E-state index contributed by atoms with van der Waals surface area (Å²) in [5.74, 6) is 0.959. The third-order valence-electron chi connectivity index (χ3n) is 3.95. The molecule has 0 saturated carbocycles. The molecule has 1 aliphatic rings. The molecule has 0 aromatic carbocycles. The second kappa shape index (κ2) is 6.75. The molecule has 2 heterocycles. The second-order valence-electron chi connectivity index (χ2n) is 5.60. The van der Waals surface area contributed by atoms with Gasteiger partial charge in [0.25, 0.3) is 0 Å². The first-order valence-corrected chi connectivity index (χ1v) is 7.37. The number of rotatable bonds is 5. The Balaban J connectivity index is 1.71. The summed E-state index contributed by atoms with van der Waals surface area (Å²) < 4.78 is 0. The molecule has 1 aliphatic heterocycles. The van der Waals surface area contributed by atoms with Crippen molar-refractivity contribution >= 4 is 11.5 Å². The number of pyridine rings is 1. The van der Waals surface area contributed by atoms with E-state index >= 15 is 0 Å². The molecule has 4 heteroatoms. The average Bonchev–Trinajstić information content (AvgIpc) is 2.38. The Bertz CT molecular complexity index is 405. The van der Waals surface area contributed by atoms with Crippen molar-refractivity contribution in [3.8, 4) is 0 Å². The van der Waals surface area contributed by atoms with Gasteiger partial charge in [-0.05, 0) is 51.3 Å². The lowest BCUT2D eigenvalue weighted by molar-refractivity contribution is 0.160. The van der Waals surface area contributed by atoms with E-state index in [1.165, 1.54) is 32.4 Å². The molecule has 3 N–H and O–H groups in total. The fourth-order valence-electron chi connectivity index (χ4n) is 2.76. The Labute approximate surface area is 116 Å². The summed E-state index contributed by atoms with van der Waals surface area (Å²) in [6.07, 6.45) is 6.98. The van der Waals surface area contributed by atoms with Gasteiger partial charge in [-0.25, -0.2) is 4.98 Å². The number of anilines is 2. The molecule has 1 fully saturated rings. The van der Waals surface area contributed by atoms with Crippen LogP contribution >= 0.6 is 0 Å². The van der Waals surface area contributed by atoms with Crippen molar-refractivity contribution in [2.24, 2.45) is 0 Å². The van der Waals surface area contributed by atoms with Gasteiger partial charge in [-0.3, -0.25) is 0 Å². The van der Waals surface area contributed by atoms with Crippen LogP contribution in [0.15, 0.2) is 12.3 Å². The van der Waals surface area contributed by atoms with Gasteiger partial charge in [0, 0.05) is 19.1 Å². The van der Waals surface area contributed by atoms with Crippen molar-refractivity contribution in [3.63, 3.8) is 0 Å². The SMILES string of the molecule is Cc1cc(N)cnc1NCCCN1CCCCC1C. The minimum atomic E-state index is 0.727. The van der Waals surface area contributed by atoms with Gasteiger partial charge in [0.2, 0.25) is 0 Å². The van der Waals surface area contributed by atoms with Crippen molar-refractivity contribution in [1.82, 2.24) is 9.88 Å². The van der Waals surface area contributed by atoms with Gasteiger partial charge in [-0.15, -0.1) is 0 Å². The number of hydrogen-bond donors (Lipinski definition) is 2. The third-order valence-corrected chi connectivity index (χ3v) is 3.95. The lowest BCUT2D eigenvalue weighted by atomic mass is 10.0. The van der Waals surface area contributed by atoms with E-state index in [9.17, 15) is 0 Å². The predicted octanol–water partition coefficient (Wildman–Crippen LogP) is 2.65. The molecule has 1 aromatic rings. The molecule has 1 aromatic heterocycles. The summed E-state index contributed by atoms with van der Waals surface area (Å²) in [5.41, 5.74) is 7.54. The normalized spacial score (nSPS) is 20.4. The Morgan fingerprint density at radius 1 is 1.47 bits per heavy atom. The highest BCUT2D eigenvalue weighted by molar-refractivity contribution is 5.50. The first kappa shape index (κ1) is 14.1. The number of aromatic nitrogens is 1. The van der Waals surface area contributed by atoms with Gasteiger partial charge in [-0.1, -0.05) is 6.42 Å². The molecule has 19 heavy (non-hydrogen) atoms. The molecule has 106 valence electrons. The molecule has 4 nitrogen and oxygen atoms in total. The number of nitrogens with one attached hydrogen (secondary N) is 1. The van der Waals surface area contributed by atoms with Gasteiger partial charge < -0.3 is 16.0 Å². The molecule has 1 unspecified atom stereocenters. The molecule has 2 rings (SSSR count).